The SMILES string of the molecule is C=C1CC[C@H](C/C=C(\C)CC/C=C(/CCC=C(C)C)C(=O)O)C(C)(C)[C@@H]1CC/C(C)=C/C(=O)O. The normalized spacial score (nSPS) is 21.4. The van der Waals surface area contributed by atoms with Gasteiger partial charge in [0.15, 0.2) is 0 Å². The summed E-state index contributed by atoms with van der Waals surface area (Å²) in [5.41, 5.74) is 5.34. The average molecular weight is 471 g/mol. The van der Waals surface area contributed by atoms with E-state index in [-0.39, 0.29) is 5.41 Å². The Morgan fingerprint density at radius 1 is 0.971 bits per heavy atom. The molecule has 0 bridgehead atoms. The smallest absolute Gasteiger partial charge is 0.331 e. The second kappa shape index (κ2) is 14.1. The van der Waals surface area contributed by atoms with E-state index in [1.165, 1.54) is 22.8 Å². The largest absolute Gasteiger partial charge is 0.478 e. The molecule has 0 unspecified atom stereocenters. The molecule has 1 saturated carbocycles. The van der Waals surface area contributed by atoms with Crippen molar-refractivity contribution in [2.45, 2.75) is 99.3 Å². The van der Waals surface area contributed by atoms with Gasteiger partial charge in [0.2, 0.25) is 0 Å². The Kier molecular flexibility index (Phi) is 12.3. The first-order valence-electron chi connectivity index (χ1n) is 12.6. The number of carboxylic acid groups (broad SMARTS) is 2. The molecule has 34 heavy (non-hydrogen) atoms. The zero-order valence-electron chi connectivity index (χ0n) is 22.2. The molecule has 4 nitrogen and oxygen atoms in total. The molecule has 2 atom stereocenters. The minimum atomic E-state index is -0.879. The molecular formula is C30H46O4. The quantitative estimate of drug-likeness (QED) is 0.210. The van der Waals surface area contributed by atoms with Crippen LogP contribution in [0.3, 0.4) is 0 Å². The minimum Gasteiger partial charge on any atom is -0.478 e. The molecule has 1 rings (SSSR count). The number of rotatable bonds is 13. The molecule has 0 amide bonds. The van der Waals surface area contributed by atoms with Gasteiger partial charge in [0, 0.05) is 11.6 Å². The summed E-state index contributed by atoms with van der Waals surface area (Å²) in [6.45, 7) is 17.1. The van der Waals surface area contributed by atoms with Gasteiger partial charge in [-0.15, -0.1) is 0 Å². The molecule has 1 aliphatic rings. The molecule has 0 saturated heterocycles. The minimum absolute atomic E-state index is 0.108. The highest BCUT2D eigenvalue weighted by Crippen LogP contribution is 2.50. The summed E-state index contributed by atoms with van der Waals surface area (Å²) >= 11 is 0. The van der Waals surface area contributed by atoms with Crippen LogP contribution in [0.15, 0.2) is 58.7 Å². The summed E-state index contributed by atoms with van der Waals surface area (Å²) in [6, 6.07) is 0. The third-order valence-corrected chi connectivity index (χ3v) is 7.38. The van der Waals surface area contributed by atoms with Crippen LogP contribution < -0.4 is 0 Å². The van der Waals surface area contributed by atoms with Gasteiger partial charge in [0.05, 0.1) is 0 Å². The Hall–Kier alpha value is -2.36. The van der Waals surface area contributed by atoms with E-state index in [1.807, 2.05) is 26.8 Å². The van der Waals surface area contributed by atoms with Gasteiger partial charge in [-0.05, 0) is 103 Å². The Balaban J connectivity index is 2.71. The highest BCUT2D eigenvalue weighted by molar-refractivity contribution is 5.86. The van der Waals surface area contributed by atoms with Gasteiger partial charge < -0.3 is 10.2 Å². The zero-order chi connectivity index (χ0) is 25.9. The van der Waals surface area contributed by atoms with Crippen LogP contribution in [0, 0.1) is 17.3 Å². The summed E-state index contributed by atoms with van der Waals surface area (Å²) in [5, 5.41) is 18.4. The van der Waals surface area contributed by atoms with Crippen LogP contribution in [0.5, 0.6) is 0 Å². The van der Waals surface area contributed by atoms with E-state index in [9.17, 15) is 14.7 Å². The number of aliphatic carboxylic acids is 2. The highest BCUT2D eigenvalue weighted by Gasteiger charge is 2.40. The average Bonchev–Trinajstić information content (AvgIpc) is 2.70. The van der Waals surface area contributed by atoms with E-state index in [0.717, 1.165) is 56.9 Å². The van der Waals surface area contributed by atoms with Crippen LogP contribution >= 0.6 is 0 Å². The Morgan fingerprint density at radius 2 is 1.62 bits per heavy atom. The maximum Gasteiger partial charge on any atom is 0.331 e. The lowest BCUT2D eigenvalue weighted by Crippen LogP contribution is -2.37. The Labute approximate surface area is 207 Å². The van der Waals surface area contributed by atoms with Crippen molar-refractivity contribution in [1.29, 1.82) is 0 Å². The number of hydrogen-bond donors (Lipinski definition) is 2. The van der Waals surface area contributed by atoms with Crippen molar-refractivity contribution < 1.29 is 19.8 Å². The van der Waals surface area contributed by atoms with Crippen LogP contribution in [-0.2, 0) is 9.59 Å². The first kappa shape index (κ1) is 29.7. The first-order valence-corrected chi connectivity index (χ1v) is 12.6. The summed E-state index contributed by atoms with van der Waals surface area (Å²) in [5.74, 6) is -0.752. The molecule has 0 radical (unpaired) electrons. The fourth-order valence-corrected chi connectivity index (χ4v) is 5.10. The van der Waals surface area contributed by atoms with Crippen LogP contribution in [0.1, 0.15) is 99.3 Å². The summed E-state index contributed by atoms with van der Waals surface area (Å²) in [4.78, 5) is 22.5. The summed E-state index contributed by atoms with van der Waals surface area (Å²) in [7, 11) is 0. The molecule has 0 heterocycles. The van der Waals surface area contributed by atoms with Crippen molar-refractivity contribution in [3.63, 3.8) is 0 Å². The van der Waals surface area contributed by atoms with Gasteiger partial charge >= 0.3 is 11.9 Å². The predicted molar refractivity (Wildman–Crippen MR) is 142 cm³/mol. The predicted octanol–water partition coefficient (Wildman–Crippen LogP) is 8.28. The van der Waals surface area contributed by atoms with Crippen molar-refractivity contribution in [3.8, 4) is 0 Å². The standard InChI is InChI=1S/C30H46O4/c1-21(2)10-8-12-25(29(33)34)13-9-11-22(3)14-17-26-18-16-24(5)27(30(26,6)7)19-15-23(4)20-28(31)32/h10,13-14,20,26-27H,5,8-9,11-12,15-19H2,1-4,6-7H3,(H,31,32)(H,33,34)/b22-14+,23-20+,25-13-/t26-,27+/m0/s1. The second-order valence-corrected chi connectivity index (χ2v) is 10.8. The molecule has 4 heteroatoms. The van der Waals surface area contributed by atoms with Crippen LogP contribution in [-0.4, -0.2) is 22.2 Å². The van der Waals surface area contributed by atoms with Gasteiger partial charge in [-0.3, -0.25) is 0 Å². The Morgan fingerprint density at radius 3 is 2.21 bits per heavy atom. The van der Waals surface area contributed by atoms with Crippen molar-refractivity contribution in [3.05, 3.63) is 58.7 Å². The molecule has 0 aromatic carbocycles. The van der Waals surface area contributed by atoms with Crippen molar-refractivity contribution in [2.24, 2.45) is 17.3 Å². The van der Waals surface area contributed by atoms with Gasteiger partial charge in [-0.1, -0.05) is 60.9 Å². The maximum atomic E-state index is 11.5. The van der Waals surface area contributed by atoms with E-state index >= 15 is 0 Å². The molecule has 0 aromatic rings. The van der Waals surface area contributed by atoms with Crippen LogP contribution in [0.2, 0.25) is 0 Å². The van der Waals surface area contributed by atoms with Gasteiger partial charge in [0.25, 0.3) is 0 Å². The Bertz CT molecular complexity index is 847. The molecule has 190 valence electrons. The lowest BCUT2D eigenvalue weighted by molar-refractivity contribution is -0.133. The van der Waals surface area contributed by atoms with Crippen LogP contribution in [0.25, 0.3) is 0 Å². The van der Waals surface area contributed by atoms with E-state index in [0.29, 0.717) is 23.8 Å². The number of carboxylic acids is 2. The lowest BCUT2D eigenvalue weighted by atomic mass is 9.58. The van der Waals surface area contributed by atoms with Crippen molar-refractivity contribution >= 4 is 11.9 Å². The van der Waals surface area contributed by atoms with Gasteiger partial charge in [0.1, 0.15) is 0 Å². The number of hydrogen-bond acceptors (Lipinski definition) is 2. The molecule has 0 aromatic heterocycles. The molecule has 0 spiro atoms. The summed E-state index contributed by atoms with van der Waals surface area (Å²) in [6.07, 6.45) is 15.5. The number of carbonyl (C=O) groups is 2. The molecule has 0 aliphatic heterocycles. The molecule has 2 N–H and O–H groups in total. The third-order valence-electron chi connectivity index (χ3n) is 7.38. The second-order valence-electron chi connectivity index (χ2n) is 10.8. The fourth-order valence-electron chi connectivity index (χ4n) is 5.10. The summed E-state index contributed by atoms with van der Waals surface area (Å²) < 4.78 is 0. The van der Waals surface area contributed by atoms with Gasteiger partial charge in [-0.2, -0.15) is 0 Å². The molecule has 1 aliphatic carbocycles. The van der Waals surface area contributed by atoms with Gasteiger partial charge in [-0.25, -0.2) is 9.59 Å². The van der Waals surface area contributed by atoms with Crippen molar-refractivity contribution in [2.75, 3.05) is 0 Å². The molecular weight excluding hydrogens is 424 g/mol. The zero-order valence-corrected chi connectivity index (χ0v) is 22.2. The van der Waals surface area contributed by atoms with E-state index in [2.05, 4.69) is 39.5 Å². The van der Waals surface area contributed by atoms with Crippen molar-refractivity contribution in [1.82, 2.24) is 0 Å². The van der Waals surface area contributed by atoms with E-state index in [4.69, 9.17) is 5.11 Å². The number of allylic oxidation sites excluding steroid dienone is 7. The third kappa shape index (κ3) is 10.3. The lowest BCUT2D eigenvalue weighted by Gasteiger charge is -2.47. The highest BCUT2D eigenvalue weighted by atomic mass is 16.4. The maximum absolute atomic E-state index is 11.5. The van der Waals surface area contributed by atoms with E-state index < -0.39 is 11.9 Å². The van der Waals surface area contributed by atoms with E-state index in [1.54, 1.807) is 0 Å². The topological polar surface area (TPSA) is 74.6 Å². The van der Waals surface area contributed by atoms with Crippen LogP contribution in [0.4, 0.5) is 0 Å². The monoisotopic (exact) mass is 470 g/mol. The molecule has 1 fully saturated rings. The fraction of sp³-hybridized carbons (Fsp3) is 0.600. The first-order chi connectivity index (χ1) is 15.8.